The molecule has 0 aromatic heterocycles. The number of nitrogens with two attached hydrogens (primary N) is 1. The Morgan fingerprint density at radius 2 is 2.06 bits per heavy atom. The van der Waals surface area contributed by atoms with Crippen molar-refractivity contribution in [2.24, 2.45) is 11.7 Å². The first-order chi connectivity index (χ1) is 7.72. The molecule has 2 aliphatic heterocycles. The number of rotatable bonds is 4. The highest BCUT2D eigenvalue weighted by Gasteiger charge is 2.38. The van der Waals surface area contributed by atoms with Crippen LogP contribution in [-0.4, -0.2) is 38.3 Å². The van der Waals surface area contributed by atoms with Crippen molar-refractivity contribution in [2.45, 2.75) is 44.5 Å². The molecule has 0 aromatic carbocycles. The van der Waals surface area contributed by atoms with Crippen molar-refractivity contribution in [1.29, 1.82) is 0 Å². The van der Waals surface area contributed by atoms with Gasteiger partial charge < -0.3 is 19.9 Å². The van der Waals surface area contributed by atoms with Crippen molar-refractivity contribution >= 4 is 0 Å². The van der Waals surface area contributed by atoms with E-state index in [1.807, 2.05) is 0 Å². The van der Waals surface area contributed by atoms with Crippen LogP contribution in [0.4, 0.5) is 0 Å². The fraction of sp³-hybridized carbons (Fsp3) is 1.00. The molecule has 2 N–H and O–H groups in total. The molecule has 4 heteroatoms. The minimum Gasteiger partial charge on any atom is -0.381 e. The lowest BCUT2D eigenvalue weighted by Gasteiger charge is -2.30. The maximum Gasteiger partial charge on any atom is 0.166 e. The lowest BCUT2D eigenvalue weighted by molar-refractivity contribution is -0.170. The maximum atomic E-state index is 5.95. The summed E-state index contributed by atoms with van der Waals surface area (Å²) in [4.78, 5) is 0. The van der Waals surface area contributed by atoms with Gasteiger partial charge in [-0.1, -0.05) is 0 Å². The van der Waals surface area contributed by atoms with Crippen molar-refractivity contribution in [2.75, 3.05) is 26.4 Å². The Kier molecular flexibility index (Phi) is 4.19. The van der Waals surface area contributed by atoms with Crippen LogP contribution in [0.15, 0.2) is 0 Å². The quantitative estimate of drug-likeness (QED) is 0.789. The molecule has 2 fully saturated rings. The van der Waals surface area contributed by atoms with Crippen LogP contribution in [0.25, 0.3) is 0 Å². The van der Waals surface area contributed by atoms with Crippen LogP contribution in [0, 0.1) is 5.92 Å². The first-order valence-electron chi connectivity index (χ1n) is 6.31. The van der Waals surface area contributed by atoms with Gasteiger partial charge in [0.15, 0.2) is 5.79 Å². The zero-order valence-corrected chi connectivity index (χ0v) is 10.1. The molecular weight excluding hydrogens is 206 g/mol. The molecule has 2 saturated heterocycles. The molecule has 0 bridgehead atoms. The molecule has 2 unspecified atom stereocenters. The summed E-state index contributed by atoms with van der Waals surface area (Å²) in [5.74, 6) is 0.289. The van der Waals surface area contributed by atoms with Crippen LogP contribution in [0.5, 0.6) is 0 Å². The lowest BCUT2D eigenvalue weighted by atomic mass is 9.92. The molecule has 0 radical (unpaired) electrons. The number of hydrogen-bond donors (Lipinski definition) is 1. The smallest absolute Gasteiger partial charge is 0.166 e. The van der Waals surface area contributed by atoms with Gasteiger partial charge in [-0.3, -0.25) is 0 Å². The Hall–Kier alpha value is -0.160. The van der Waals surface area contributed by atoms with Gasteiger partial charge in [-0.2, -0.15) is 0 Å². The van der Waals surface area contributed by atoms with Crippen molar-refractivity contribution < 1.29 is 14.2 Å². The van der Waals surface area contributed by atoms with E-state index in [-0.39, 0.29) is 11.9 Å². The average molecular weight is 229 g/mol. The van der Waals surface area contributed by atoms with Crippen molar-refractivity contribution in [3.63, 3.8) is 0 Å². The van der Waals surface area contributed by atoms with Crippen LogP contribution >= 0.6 is 0 Å². The molecular formula is C12H23NO3. The normalized spacial score (nSPS) is 36.8. The SMILES string of the molecule is CC1(CC2CCOCC2)OCC(CCN)O1. The van der Waals surface area contributed by atoms with Gasteiger partial charge in [0.05, 0.1) is 12.7 Å². The fourth-order valence-electron chi connectivity index (χ4n) is 2.60. The van der Waals surface area contributed by atoms with E-state index < -0.39 is 0 Å². The molecule has 2 atom stereocenters. The van der Waals surface area contributed by atoms with E-state index in [1.54, 1.807) is 0 Å². The van der Waals surface area contributed by atoms with E-state index in [1.165, 1.54) is 0 Å². The summed E-state index contributed by atoms with van der Waals surface area (Å²) in [6.07, 6.45) is 4.32. The van der Waals surface area contributed by atoms with Gasteiger partial charge in [0.1, 0.15) is 0 Å². The predicted octanol–water partition coefficient (Wildman–Crippen LogP) is 1.28. The molecule has 0 aliphatic carbocycles. The Bertz CT molecular complexity index is 218. The van der Waals surface area contributed by atoms with E-state index in [9.17, 15) is 0 Å². The minimum absolute atomic E-state index is 0.190. The van der Waals surface area contributed by atoms with E-state index >= 15 is 0 Å². The van der Waals surface area contributed by atoms with Gasteiger partial charge in [0.25, 0.3) is 0 Å². The largest absolute Gasteiger partial charge is 0.381 e. The highest BCUT2D eigenvalue weighted by atomic mass is 16.7. The minimum atomic E-state index is -0.387. The monoisotopic (exact) mass is 229 g/mol. The third-order valence-electron chi connectivity index (χ3n) is 3.48. The molecule has 16 heavy (non-hydrogen) atoms. The molecule has 2 heterocycles. The van der Waals surface area contributed by atoms with Gasteiger partial charge in [-0.25, -0.2) is 0 Å². The van der Waals surface area contributed by atoms with E-state index in [4.69, 9.17) is 19.9 Å². The highest BCUT2D eigenvalue weighted by molar-refractivity contribution is 4.79. The third-order valence-corrected chi connectivity index (χ3v) is 3.48. The Labute approximate surface area is 97.4 Å². The lowest BCUT2D eigenvalue weighted by Crippen LogP contribution is -2.32. The summed E-state index contributed by atoms with van der Waals surface area (Å²) in [5, 5.41) is 0. The molecule has 94 valence electrons. The first-order valence-corrected chi connectivity index (χ1v) is 6.31. The Morgan fingerprint density at radius 1 is 1.31 bits per heavy atom. The molecule has 0 amide bonds. The van der Waals surface area contributed by atoms with E-state index in [2.05, 4.69) is 6.92 Å². The molecule has 2 rings (SSSR count). The fourth-order valence-corrected chi connectivity index (χ4v) is 2.60. The van der Waals surface area contributed by atoms with E-state index in [0.29, 0.717) is 19.1 Å². The van der Waals surface area contributed by atoms with Crippen molar-refractivity contribution in [3.8, 4) is 0 Å². The molecule has 0 aromatic rings. The van der Waals surface area contributed by atoms with Gasteiger partial charge in [0, 0.05) is 19.6 Å². The van der Waals surface area contributed by atoms with E-state index in [0.717, 1.165) is 38.9 Å². The summed E-state index contributed by atoms with van der Waals surface area (Å²) in [7, 11) is 0. The summed E-state index contributed by atoms with van der Waals surface area (Å²) in [5.41, 5.74) is 5.53. The third kappa shape index (κ3) is 3.17. The van der Waals surface area contributed by atoms with Crippen LogP contribution in [0.1, 0.15) is 32.6 Å². The first kappa shape index (κ1) is 12.3. The summed E-state index contributed by atoms with van der Waals surface area (Å²) >= 11 is 0. The standard InChI is InChI=1S/C12H23NO3/c1-12(8-10-3-6-14-7-4-10)15-9-11(16-12)2-5-13/h10-11H,2-9,13H2,1H3. The summed E-state index contributed by atoms with van der Waals surface area (Å²) in [6.45, 7) is 5.18. The van der Waals surface area contributed by atoms with Gasteiger partial charge in [0.2, 0.25) is 0 Å². The van der Waals surface area contributed by atoms with Gasteiger partial charge in [-0.15, -0.1) is 0 Å². The number of hydrogen-bond acceptors (Lipinski definition) is 4. The van der Waals surface area contributed by atoms with Crippen LogP contribution < -0.4 is 5.73 Å². The van der Waals surface area contributed by atoms with Crippen LogP contribution in [0.2, 0.25) is 0 Å². The Morgan fingerprint density at radius 3 is 2.75 bits per heavy atom. The second-order valence-corrected chi connectivity index (χ2v) is 5.02. The summed E-state index contributed by atoms with van der Waals surface area (Å²) in [6, 6.07) is 0. The number of ether oxygens (including phenoxy) is 3. The molecule has 0 spiro atoms. The van der Waals surface area contributed by atoms with Gasteiger partial charge >= 0.3 is 0 Å². The average Bonchev–Trinajstić information content (AvgIpc) is 2.62. The topological polar surface area (TPSA) is 53.7 Å². The second kappa shape index (κ2) is 5.45. The summed E-state index contributed by atoms with van der Waals surface area (Å²) < 4.78 is 17.1. The van der Waals surface area contributed by atoms with Crippen molar-refractivity contribution in [3.05, 3.63) is 0 Å². The predicted molar refractivity (Wildman–Crippen MR) is 61.1 cm³/mol. The molecule has 0 saturated carbocycles. The Balaban J connectivity index is 1.79. The maximum absolute atomic E-state index is 5.95. The van der Waals surface area contributed by atoms with Crippen LogP contribution in [0.3, 0.4) is 0 Å². The van der Waals surface area contributed by atoms with Gasteiger partial charge in [-0.05, 0) is 38.6 Å². The van der Waals surface area contributed by atoms with Crippen molar-refractivity contribution in [1.82, 2.24) is 0 Å². The zero-order valence-electron chi connectivity index (χ0n) is 10.1. The highest BCUT2D eigenvalue weighted by Crippen LogP contribution is 2.34. The molecule has 4 nitrogen and oxygen atoms in total. The van der Waals surface area contributed by atoms with Crippen LogP contribution in [-0.2, 0) is 14.2 Å². The zero-order chi connectivity index (χ0) is 11.4. The second-order valence-electron chi connectivity index (χ2n) is 5.02. The molecule has 2 aliphatic rings.